The molecule has 0 aliphatic heterocycles. The van der Waals surface area contributed by atoms with Crippen molar-refractivity contribution in [2.45, 2.75) is 66.0 Å². The maximum atomic E-state index is 5.86. The second-order valence-electron chi connectivity index (χ2n) is 6.36. The Balaban J connectivity index is -0.000000320. The predicted octanol–water partition coefficient (Wildman–Crippen LogP) is 10.5. The topological polar surface area (TPSA) is 46.4 Å². The van der Waals surface area contributed by atoms with Gasteiger partial charge in [-0.05, 0) is 65.2 Å². The molecule has 1 atom stereocenters. The molecule has 7 heteroatoms. The number of aliphatic imine (C=N–C) groups is 1. The van der Waals surface area contributed by atoms with Gasteiger partial charge >= 0.3 is 7.07 Å². The highest BCUT2D eigenvalue weighted by molar-refractivity contribution is 8.02. The van der Waals surface area contributed by atoms with Crippen molar-refractivity contribution in [1.29, 1.82) is 0 Å². The second-order valence-corrected chi connectivity index (χ2v) is 8.53. The van der Waals surface area contributed by atoms with Gasteiger partial charge in [-0.15, -0.1) is 5.10 Å². The van der Waals surface area contributed by atoms with Crippen LogP contribution in [0.15, 0.2) is 89.0 Å². The van der Waals surface area contributed by atoms with Gasteiger partial charge in [0.15, 0.2) is 5.75 Å². The lowest BCUT2D eigenvalue weighted by Crippen LogP contribution is -2.03. The minimum absolute atomic E-state index is 0. The quantitative estimate of drug-likeness (QED) is 0.147. The maximum Gasteiger partial charge on any atom is 0.540 e. The standard InChI is InChI=1S/C23H23N3O2PS.8CH4/c1-26(25-18-21-8-12-22(27-2)13-9-21)29(30)28-23-14-10-20(11-15-23)17-24-16-19-6-4-3-5-7-19;;;;;;;;/h3-15,17-18H,16H2,1-2H3;8*1H4/q+1;;;;;;;;/b24-17?,25-18+;;;;;;;;. The third-order valence-electron chi connectivity index (χ3n) is 4.15. The number of nitrogens with zero attached hydrogens (tertiary/aromatic N) is 3. The number of methoxy groups -OCH3 is 1. The summed E-state index contributed by atoms with van der Waals surface area (Å²) < 4.78 is 12.7. The number of rotatable bonds is 9. The Labute approximate surface area is 242 Å². The fourth-order valence-electron chi connectivity index (χ4n) is 2.49. The third kappa shape index (κ3) is 15.9. The van der Waals surface area contributed by atoms with Gasteiger partial charge in [0, 0.05) is 6.21 Å². The van der Waals surface area contributed by atoms with Crippen LogP contribution in [0.2, 0.25) is 0 Å². The molecular weight excluding hydrogens is 509 g/mol. The monoisotopic (exact) mass is 564 g/mol. The molecule has 0 N–H and O–H groups in total. The van der Waals surface area contributed by atoms with Gasteiger partial charge in [-0.1, -0.05) is 94.5 Å². The van der Waals surface area contributed by atoms with Gasteiger partial charge in [-0.25, -0.2) is 0 Å². The fraction of sp³-hybridized carbons (Fsp3) is 0.355. The summed E-state index contributed by atoms with van der Waals surface area (Å²) in [6.45, 7) is 0.660. The van der Waals surface area contributed by atoms with Crippen molar-refractivity contribution in [2.24, 2.45) is 10.1 Å². The van der Waals surface area contributed by atoms with E-state index < -0.39 is 7.07 Å². The molecule has 0 spiro atoms. The van der Waals surface area contributed by atoms with Crippen LogP contribution >= 0.6 is 7.07 Å². The molecule has 0 heterocycles. The predicted molar refractivity (Wildman–Crippen MR) is 181 cm³/mol. The summed E-state index contributed by atoms with van der Waals surface area (Å²) in [6.07, 6.45) is 3.61. The second kappa shape index (κ2) is 25.6. The molecule has 0 aliphatic rings. The highest BCUT2D eigenvalue weighted by atomic mass is 32.4. The van der Waals surface area contributed by atoms with Crippen LogP contribution in [0.3, 0.4) is 0 Å². The molecule has 0 bridgehead atoms. The van der Waals surface area contributed by atoms with Crippen LogP contribution in [0, 0.1) is 0 Å². The zero-order chi connectivity index (χ0) is 21.2. The molecule has 0 aliphatic carbocycles. The molecule has 3 rings (SSSR count). The van der Waals surface area contributed by atoms with E-state index in [9.17, 15) is 0 Å². The molecule has 0 saturated carbocycles. The van der Waals surface area contributed by atoms with Gasteiger partial charge in [0.05, 0.1) is 26.9 Å². The normalized spacial score (nSPS) is 9.16. The lowest BCUT2D eigenvalue weighted by molar-refractivity contribution is 0.415. The highest BCUT2D eigenvalue weighted by Gasteiger charge is 2.20. The summed E-state index contributed by atoms with van der Waals surface area (Å²) >= 11 is 5.46. The van der Waals surface area contributed by atoms with E-state index in [1.54, 1.807) is 18.1 Å². The summed E-state index contributed by atoms with van der Waals surface area (Å²) in [7, 11) is 2.14. The first-order valence-electron chi connectivity index (χ1n) is 9.35. The van der Waals surface area contributed by atoms with E-state index in [2.05, 4.69) is 22.2 Å². The number of ether oxygens (including phenoxy) is 1. The minimum Gasteiger partial charge on any atom is -0.497 e. The zero-order valence-corrected chi connectivity index (χ0v) is 18.6. The summed E-state index contributed by atoms with van der Waals surface area (Å²) in [5, 5.41) is 4.38. The summed E-state index contributed by atoms with van der Waals surface area (Å²) in [4.78, 5) is 4.48. The van der Waals surface area contributed by atoms with Crippen molar-refractivity contribution in [3.8, 4) is 11.5 Å². The molecule has 3 aromatic carbocycles. The Hall–Kier alpha value is -3.08. The van der Waals surface area contributed by atoms with Crippen molar-refractivity contribution < 1.29 is 9.26 Å². The van der Waals surface area contributed by atoms with Crippen LogP contribution in [0.4, 0.5) is 0 Å². The Morgan fingerprint density at radius 3 is 1.68 bits per heavy atom. The van der Waals surface area contributed by atoms with E-state index in [-0.39, 0.29) is 59.4 Å². The Bertz CT molecular complexity index is 1010. The van der Waals surface area contributed by atoms with Gasteiger partial charge in [-0.2, -0.15) is 0 Å². The summed E-state index contributed by atoms with van der Waals surface area (Å²) in [5.74, 6) is 1.52. The number of hydrogen-bond acceptors (Lipinski definition) is 5. The maximum absolute atomic E-state index is 5.86. The molecule has 0 aromatic heterocycles. The number of hydrogen-bond donors (Lipinski definition) is 0. The van der Waals surface area contributed by atoms with E-state index >= 15 is 0 Å². The van der Waals surface area contributed by atoms with E-state index in [0.29, 0.717) is 12.3 Å². The molecule has 3 aromatic rings. The molecule has 1 unspecified atom stereocenters. The first-order chi connectivity index (χ1) is 14.6. The molecule has 216 valence electrons. The van der Waals surface area contributed by atoms with E-state index in [1.807, 2.05) is 80.0 Å². The molecule has 38 heavy (non-hydrogen) atoms. The molecule has 5 nitrogen and oxygen atoms in total. The smallest absolute Gasteiger partial charge is 0.497 e. The fourth-order valence-corrected chi connectivity index (χ4v) is 3.43. The largest absolute Gasteiger partial charge is 0.540 e. The van der Waals surface area contributed by atoms with Crippen molar-refractivity contribution in [2.75, 3.05) is 14.2 Å². The van der Waals surface area contributed by atoms with E-state index in [4.69, 9.17) is 21.1 Å². The zero-order valence-electron chi connectivity index (χ0n) is 16.9. The van der Waals surface area contributed by atoms with E-state index in [0.717, 1.165) is 16.9 Å². The molecule has 0 saturated heterocycles. The molecule has 0 fully saturated rings. The van der Waals surface area contributed by atoms with Crippen molar-refractivity contribution in [3.63, 3.8) is 0 Å². The average Bonchev–Trinajstić information content (AvgIpc) is 2.79. The average molecular weight is 565 g/mol. The van der Waals surface area contributed by atoms with Crippen LogP contribution in [0.1, 0.15) is 76.1 Å². The molecular formula is C31H55N3O2PS+. The lowest BCUT2D eigenvalue weighted by atomic mass is 10.2. The minimum atomic E-state index is -1.31. The van der Waals surface area contributed by atoms with Crippen molar-refractivity contribution in [1.82, 2.24) is 4.78 Å². The van der Waals surface area contributed by atoms with Crippen LogP contribution < -0.4 is 9.26 Å². The van der Waals surface area contributed by atoms with Gasteiger partial charge in [0.2, 0.25) is 11.8 Å². The highest BCUT2D eigenvalue weighted by Crippen LogP contribution is 2.30. The first kappa shape index (κ1) is 48.0. The third-order valence-corrected chi connectivity index (χ3v) is 6.02. The molecule has 0 radical (unpaired) electrons. The van der Waals surface area contributed by atoms with Crippen LogP contribution in [-0.2, 0) is 18.4 Å². The molecule has 0 amide bonds. The SMILES string of the molecule is C.C.C.C.C.C.C.C.COc1ccc(/C=N/N(C)[P+](=S)Oc2ccc(C=NCc3ccccc3)cc2)cc1. The first-order valence-corrected chi connectivity index (χ1v) is 11.6. The van der Waals surface area contributed by atoms with Gasteiger partial charge in [0.25, 0.3) is 0 Å². The Morgan fingerprint density at radius 1 is 0.711 bits per heavy atom. The van der Waals surface area contributed by atoms with Crippen LogP contribution in [0.5, 0.6) is 11.5 Å². The summed E-state index contributed by atoms with van der Waals surface area (Å²) in [5.41, 5.74) is 3.15. The van der Waals surface area contributed by atoms with Crippen molar-refractivity contribution >= 4 is 31.3 Å². The summed E-state index contributed by atoms with van der Waals surface area (Å²) in [6, 6.07) is 25.5. The van der Waals surface area contributed by atoms with Crippen LogP contribution in [-0.4, -0.2) is 31.4 Å². The number of benzene rings is 3. The lowest BCUT2D eigenvalue weighted by Gasteiger charge is -2.03. The van der Waals surface area contributed by atoms with E-state index in [1.165, 1.54) is 5.56 Å². The van der Waals surface area contributed by atoms with Crippen LogP contribution in [0.25, 0.3) is 0 Å². The number of hydrazone groups is 1. The van der Waals surface area contributed by atoms with Gasteiger partial charge < -0.3 is 4.74 Å². The Kier molecular flexibility index (Phi) is 32.3. The van der Waals surface area contributed by atoms with Gasteiger partial charge in [-0.3, -0.25) is 9.52 Å². The van der Waals surface area contributed by atoms with Crippen molar-refractivity contribution in [3.05, 3.63) is 95.6 Å². The Morgan fingerprint density at radius 2 is 1.18 bits per heavy atom. The van der Waals surface area contributed by atoms with Gasteiger partial charge in [0.1, 0.15) is 5.75 Å².